The van der Waals surface area contributed by atoms with Crippen molar-refractivity contribution in [2.45, 2.75) is 31.2 Å². The lowest BCUT2D eigenvalue weighted by Crippen LogP contribution is -2.38. The molecule has 126 valence electrons. The van der Waals surface area contributed by atoms with Crippen LogP contribution in [0.2, 0.25) is 0 Å². The molecule has 1 fully saturated rings. The topological polar surface area (TPSA) is 33.2 Å². The van der Waals surface area contributed by atoms with Gasteiger partial charge in [-0.15, -0.1) is 11.8 Å². The normalized spacial score (nSPS) is 18.5. The molecule has 1 saturated heterocycles. The Kier molecular flexibility index (Phi) is 5.69. The summed E-state index contributed by atoms with van der Waals surface area (Å²) in [7, 11) is 0. The maximum atomic E-state index is 12.8. The summed E-state index contributed by atoms with van der Waals surface area (Å²) in [4.78, 5) is 20.9. The molecule has 2 heterocycles. The van der Waals surface area contributed by atoms with Gasteiger partial charge in [-0.1, -0.05) is 18.2 Å². The van der Waals surface area contributed by atoms with E-state index in [4.69, 9.17) is 0 Å². The van der Waals surface area contributed by atoms with Crippen LogP contribution in [-0.2, 0) is 6.54 Å². The molecule has 0 radical (unpaired) electrons. The van der Waals surface area contributed by atoms with E-state index in [1.54, 1.807) is 11.8 Å². The first kappa shape index (κ1) is 17.2. The molecule has 4 heteroatoms. The van der Waals surface area contributed by atoms with Crippen molar-refractivity contribution in [2.75, 3.05) is 19.3 Å². The van der Waals surface area contributed by atoms with Gasteiger partial charge in [0.15, 0.2) is 5.78 Å². The van der Waals surface area contributed by atoms with Gasteiger partial charge >= 0.3 is 0 Å². The Bertz CT molecular complexity index is 699. The smallest absolute Gasteiger partial charge is 0.167 e. The fourth-order valence-corrected chi connectivity index (χ4v) is 3.73. The van der Waals surface area contributed by atoms with E-state index in [1.807, 2.05) is 37.3 Å². The average molecular weight is 340 g/mol. The lowest BCUT2D eigenvalue weighted by atomic mass is 9.90. The molecule has 1 aromatic carbocycles. The number of benzene rings is 1. The predicted octanol–water partition coefficient (Wildman–Crippen LogP) is 4.21. The van der Waals surface area contributed by atoms with Crippen LogP contribution in [0.25, 0.3) is 0 Å². The van der Waals surface area contributed by atoms with E-state index in [0.29, 0.717) is 0 Å². The zero-order valence-corrected chi connectivity index (χ0v) is 15.2. The number of pyridine rings is 1. The molecule has 1 unspecified atom stereocenters. The maximum Gasteiger partial charge on any atom is 0.167 e. The molecule has 1 atom stereocenters. The third-order valence-corrected chi connectivity index (χ3v) is 5.33. The van der Waals surface area contributed by atoms with Crippen LogP contribution in [0.5, 0.6) is 0 Å². The Morgan fingerprint density at radius 2 is 2.04 bits per heavy atom. The highest BCUT2D eigenvalue weighted by atomic mass is 32.2. The molecule has 0 spiro atoms. The van der Waals surface area contributed by atoms with Crippen LogP contribution in [0.3, 0.4) is 0 Å². The number of Topliss-reactive ketones (excluding diaryl/α,β-unsaturated/α-hetero) is 1. The first-order valence-corrected chi connectivity index (χ1v) is 9.71. The van der Waals surface area contributed by atoms with Gasteiger partial charge in [0.25, 0.3) is 0 Å². The van der Waals surface area contributed by atoms with E-state index >= 15 is 0 Å². The summed E-state index contributed by atoms with van der Waals surface area (Å²) in [6.45, 7) is 4.73. The molecule has 3 nitrogen and oxygen atoms in total. The molecular weight excluding hydrogens is 316 g/mol. The minimum absolute atomic E-state index is 0.101. The molecule has 2 aromatic rings. The molecule has 0 bridgehead atoms. The van der Waals surface area contributed by atoms with Crippen molar-refractivity contribution >= 4 is 17.5 Å². The summed E-state index contributed by atoms with van der Waals surface area (Å²) in [5, 5.41) is 0. The minimum Gasteiger partial charge on any atom is -0.297 e. The second-order valence-electron chi connectivity index (χ2n) is 6.44. The number of nitrogens with zero attached hydrogens (tertiary/aromatic N) is 2. The van der Waals surface area contributed by atoms with Crippen molar-refractivity contribution in [3.63, 3.8) is 0 Å². The van der Waals surface area contributed by atoms with Crippen LogP contribution in [0.4, 0.5) is 0 Å². The number of hydrogen-bond acceptors (Lipinski definition) is 4. The van der Waals surface area contributed by atoms with Gasteiger partial charge in [-0.3, -0.25) is 14.7 Å². The number of aromatic nitrogens is 1. The van der Waals surface area contributed by atoms with Crippen LogP contribution in [-0.4, -0.2) is 35.0 Å². The zero-order chi connectivity index (χ0) is 16.9. The van der Waals surface area contributed by atoms with Crippen LogP contribution in [0.15, 0.2) is 47.4 Å². The van der Waals surface area contributed by atoms with Crippen molar-refractivity contribution < 1.29 is 4.79 Å². The van der Waals surface area contributed by atoms with Gasteiger partial charge in [0.05, 0.1) is 5.69 Å². The quantitative estimate of drug-likeness (QED) is 0.603. The van der Waals surface area contributed by atoms with Gasteiger partial charge in [0, 0.05) is 35.2 Å². The van der Waals surface area contributed by atoms with Crippen LogP contribution < -0.4 is 0 Å². The number of thioether (sulfide) groups is 1. The summed E-state index contributed by atoms with van der Waals surface area (Å²) >= 11 is 1.70. The summed E-state index contributed by atoms with van der Waals surface area (Å²) in [6, 6.07) is 14.1. The average Bonchev–Trinajstić information content (AvgIpc) is 2.61. The summed E-state index contributed by atoms with van der Waals surface area (Å²) in [5.74, 6) is 0.383. The Balaban J connectivity index is 1.64. The van der Waals surface area contributed by atoms with E-state index in [1.165, 1.54) is 4.90 Å². The standard InChI is InChI=1S/C20H24N2OS/c1-15-5-3-7-18(21-15)14-22-12-4-6-17(13-22)20(23)16-8-10-19(24-2)11-9-16/h3,5,7-11,17H,4,6,12-14H2,1-2H3. The molecule has 1 aliphatic rings. The van der Waals surface area contributed by atoms with Gasteiger partial charge < -0.3 is 0 Å². The molecule has 0 aliphatic carbocycles. The second kappa shape index (κ2) is 7.95. The highest BCUT2D eigenvalue weighted by Crippen LogP contribution is 2.23. The number of carbonyl (C=O) groups excluding carboxylic acids is 1. The molecular formula is C20H24N2OS. The lowest BCUT2D eigenvalue weighted by molar-refractivity contribution is 0.0810. The van der Waals surface area contributed by atoms with Gasteiger partial charge in [0.1, 0.15) is 0 Å². The summed E-state index contributed by atoms with van der Waals surface area (Å²) in [6.07, 6.45) is 4.11. The Labute approximate surface area is 148 Å². The number of ketones is 1. The van der Waals surface area contributed by atoms with Gasteiger partial charge in [-0.25, -0.2) is 0 Å². The van der Waals surface area contributed by atoms with Crippen molar-refractivity contribution in [3.05, 3.63) is 59.4 Å². The number of likely N-dealkylation sites (tertiary alicyclic amines) is 1. The Hall–Kier alpha value is -1.65. The van der Waals surface area contributed by atoms with Crippen molar-refractivity contribution in [3.8, 4) is 0 Å². The van der Waals surface area contributed by atoms with Crippen molar-refractivity contribution in [1.29, 1.82) is 0 Å². The molecule has 24 heavy (non-hydrogen) atoms. The zero-order valence-electron chi connectivity index (χ0n) is 14.4. The SMILES string of the molecule is CSc1ccc(C(=O)C2CCCN(Cc3cccc(C)n3)C2)cc1. The lowest BCUT2D eigenvalue weighted by Gasteiger charge is -2.31. The Morgan fingerprint density at radius 1 is 1.25 bits per heavy atom. The first-order chi connectivity index (χ1) is 11.7. The third-order valence-electron chi connectivity index (χ3n) is 4.58. The third kappa shape index (κ3) is 4.25. The highest BCUT2D eigenvalue weighted by molar-refractivity contribution is 7.98. The number of rotatable bonds is 5. The van der Waals surface area contributed by atoms with Gasteiger partial charge in [-0.2, -0.15) is 0 Å². The minimum atomic E-state index is 0.101. The fourth-order valence-electron chi connectivity index (χ4n) is 3.32. The monoisotopic (exact) mass is 340 g/mol. The van der Waals surface area contributed by atoms with Crippen LogP contribution in [0, 0.1) is 12.8 Å². The fraction of sp³-hybridized carbons (Fsp3) is 0.400. The molecule has 0 N–H and O–H groups in total. The molecule has 1 aliphatic heterocycles. The Morgan fingerprint density at radius 3 is 2.75 bits per heavy atom. The predicted molar refractivity (Wildman–Crippen MR) is 99.5 cm³/mol. The summed E-state index contributed by atoms with van der Waals surface area (Å²) in [5.41, 5.74) is 2.98. The number of hydrogen-bond donors (Lipinski definition) is 0. The van der Waals surface area contributed by atoms with E-state index in [9.17, 15) is 4.79 Å². The number of piperidine rings is 1. The molecule has 0 saturated carbocycles. The van der Waals surface area contributed by atoms with Gasteiger partial charge in [-0.05, 0) is 56.8 Å². The first-order valence-electron chi connectivity index (χ1n) is 8.49. The van der Waals surface area contributed by atoms with E-state index in [0.717, 1.165) is 49.4 Å². The number of aryl methyl sites for hydroxylation is 1. The van der Waals surface area contributed by atoms with E-state index < -0.39 is 0 Å². The van der Waals surface area contributed by atoms with Gasteiger partial charge in [0.2, 0.25) is 0 Å². The van der Waals surface area contributed by atoms with Crippen molar-refractivity contribution in [2.24, 2.45) is 5.92 Å². The highest BCUT2D eigenvalue weighted by Gasteiger charge is 2.26. The number of carbonyl (C=O) groups is 1. The van der Waals surface area contributed by atoms with Crippen LogP contribution >= 0.6 is 11.8 Å². The largest absolute Gasteiger partial charge is 0.297 e. The van der Waals surface area contributed by atoms with Crippen LogP contribution in [0.1, 0.15) is 34.6 Å². The van der Waals surface area contributed by atoms with E-state index in [2.05, 4.69) is 28.3 Å². The van der Waals surface area contributed by atoms with E-state index in [-0.39, 0.29) is 11.7 Å². The molecule has 1 aromatic heterocycles. The van der Waals surface area contributed by atoms with Crippen molar-refractivity contribution in [1.82, 2.24) is 9.88 Å². The maximum absolute atomic E-state index is 12.8. The summed E-state index contributed by atoms with van der Waals surface area (Å²) < 4.78 is 0. The molecule has 3 rings (SSSR count). The second-order valence-corrected chi connectivity index (χ2v) is 7.32. The molecule has 0 amide bonds.